The Balaban J connectivity index is 2.11. The van der Waals surface area contributed by atoms with E-state index in [-0.39, 0.29) is 0 Å². The Morgan fingerprint density at radius 1 is 1.05 bits per heavy atom. The quantitative estimate of drug-likeness (QED) is 0.888. The average Bonchev–Trinajstić information content (AvgIpc) is 2.43. The van der Waals surface area contributed by atoms with Crippen LogP contribution in [0.15, 0.2) is 42.5 Å². The van der Waals surface area contributed by atoms with Crippen molar-refractivity contribution >= 4 is 11.6 Å². The van der Waals surface area contributed by atoms with Crippen LogP contribution in [0, 0.1) is 0 Å². The first kappa shape index (κ1) is 13.9. The largest absolute Gasteiger partial charge is 0.457 e. The fourth-order valence-electron chi connectivity index (χ4n) is 1.88. The maximum absolute atomic E-state index is 6.19. The van der Waals surface area contributed by atoms with Crippen LogP contribution in [0.3, 0.4) is 0 Å². The van der Waals surface area contributed by atoms with E-state index in [1.54, 1.807) is 0 Å². The zero-order valence-electron chi connectivity index (χ0n) is 11.0. The van der Waals surface area contributed by atoms with E-state index in [2.05, 4.69) is 19.1 Å². The van der Waals surface area contributed by atoms with Crippen LogP contribution in [0.1, 0.15) is 18.1 Å². The van der Waals surface area contributed by atoms with Crippen molar-refractivity contribution in [3.8, 4) is 11.5 Å². The van der Waals surface area contributed by atoms with Crippen molar-refractivity contribution < 1.29 is 4.74 Å². The number of benzene rings is 2. The molecule has 0 amide bonds. The SMILES string of the molecule is CCc1ccc(Oc2ccc(CCN)c(Cl)c2)cc1. The van der Waals surface area contributed by atoms with Gasteiger partial charge in [0.2, 0.25) is 0 Å². The third kappa shape index (κ3) is 3.72. The number of ether oxygens (including phenoxy) is 1. The van der Waals surface area contributed by atoms with Crippen LogP contribution in [0.2, 0.25) is 5.02 Å². The molecule has 2 rings (SSSR count). The lowest BCUT2D eigenvalue weighted by molar-refractivity contribution is 0.482. The van der Waals surface area contributed by atoms with Crippen molar-refractivity contribution in [3.63, 3.8) is 0 Å². The number of hydrogen-bond donors (Lipinski definition) is 1. The fraction of sp³-hybridized carbons (Fsp3) is 0.250. The molecule has 0 aliphatic carbocycles. The molecule has 0 bridgehead atoms. The van der Waals surface area contributed by atoms with Crippen LogP contribution < -0.4 is 10.5 Å². The van der Waals surface area contributed by atoms with Crippen LogP contribution in [0.5, 0.6) is 11.5 Å². The minimum atomic E-state index is 0.596. The molecule has 0 saturated carbocycles. The van der Waals surface area contributed by atoms with Crippen LogP contribution in [-0.4, -0.2) is 6.54 Å². The molecule has 2 nitrogen and oxygen atoms in total. The van der Waals surface area contributed by atoms with Gasteiger partial charge in [0.1, 0.15) is 11.5 Å². The van der Waals surface area contributed by atoms with E-state index in [1.165, 1.54) is 5.56 Å². The molecule has 19 heavy (non-hydrogen) atoms. The van der Waals surface area contributed by atoms with Gasteiger partial charge < -0.3 is 10.5 Å². The molecule has 0 spiro atoms. The van der Waals surface area contributed by atoms with Crippen molar-refractivity contribution in [1.29, 1.82) is 0 Å². The highest BCUT2D eigenvalue weighted by Crippen LogP contribution is 2.27. The van der Waals surface area contributed by atoms with Crippen LogP contribution >= 0.6 is 11.6 Å². The predicted octanol–water partition coefficient (Wildman–Crippen LogP) is 4.20. The second-order valence-electron chi connectivity index (χ2n) is 4.39. The number of halogens is 1. The third-order valence-corrected chi connectivity index (χ3v) is 3.36. The predicted molar refractivity (Wildman–Crippen MR) is 80.1 cm³/mol. The minimum Gasteiger partial charge on any atom is -0.457 e. The van der Waals surface area contributed by atoms with Crippen molar-refractivity contribution in [2.75, 3.05) is 6.54 Å². The van der Waals surface area contributed by atoms with Gasteiger partial charge in [0.05, 0.1) is 0 Å². The van der Waals surface area contributed by atoms with Gasteiger partial charge >= 0.3 is 0 Å². The van der Waals surface area contributed by atoms with Gasteiger partial charge in [-0.3, -0.25) is 0 Å². The van der Waals surface area contributed by atoms with Crippen LogP contribution in [0.25, 0.3) is 0 Å². The van der Waals surface area contributed by atoms with Crippen molar-refractivity contribution in [1.82, 2.24) is 0 Å². The van der Waals surface area contributed by atoms with Gasteiger partial charge in [-0.05, 0) is 54.8 Å². The van der Waals surface area contributed by atoms with Crippen molar-refractivity contribution in [3.05, 3.63) is 58.6 Å². The summed E-state index contributed by atoms with van der Waals surface area (Å²) in [7, 11) is 0. The molecule has 2 aromatic rings. The standard InChI is InChI=1S/C16H18ClNO/c1-2-12-3-6-14(7-4-12)19-15-8-5-13(9-10-18)16(17)11-15/h3-8,11H,2,9-10,18H2,1H3. The fourth-order valence-corrected chi connectivity index (χ4v) is 2.14. The molecule has 100 valence electrons. The lowest BCUT2D eigenvalue weighted by Gasteiger charge is -2.09. The molecular formula is C16H18ClNO. The number of nitrogens with two attached hydrogens (primary N) is 1. The lowest BCUT2D eigenvalue weighted by Crippen LogP contribution is -2.03. The number of hydrogen-bond acceptors (Lipinski definition) is 2. The highest BCUT2D eigenvalue weighted by Gasteiger charge is 2.03. The summed E-state index contributed by atoms with van der Waals surface area (Å²) in [6, 6.07) is 13.8. The van der Waals surface area contributed by atoms with E-state index in [1.807, 2.05) is 30.3 Å². The van der Waals surface area contributed by atoms with E-state index >= 15 is 0 Å². The Kier molecular flexibility index (Phi) is 4.83. The topological polar surface area (TPSA) is 35.2 Å². The molecule has 0 aliphatic rings. The Morgan fingerprint density at radius 3 is 2.32 bits per heavy atom. The van der Waals surface area contributed by atoms with Gasteiger partial charge in [-0.15, -0.1) is 0 Å². The molecule has 0 unspecified atom stereocenters. The highest BCUT2D eigenvalue weighted by atomic mass is 35.5. The Bertz CT molecular complexity index is 537. The molecule has 0 aliphatic heterocycles. The van der Waals surface area contributed by atoms with E-state index < -0.39 is 0 Å². The van der Waals surface area contributed by atoms with Gasteiger partial charge in [0, 0.05) is 5.02 Å². The zero-order valence-corrected chi connectivity index (χ0v) is 11.8. The summed E-state index contributed by atoms with van der Waals surface area (Å²) in [6.07, 6.45) is 1.81. The summed E-state index contributed by atoms with van der Waals surface area (Å²) in [5, 5.41) is 0.702. The molecule has 2 aromatic carbocycles. The lowest BCUT2D eigenvalue weighted by atomic mass is 10.1. The highest BCUT2D eigenvalue weighted by molar-refractivity contribution is 6.31. The number of aryl methyl sites for hydroxylation is 1. The first-order valence-corrected chi connectivity index (χ1v) is 6.86. The first-order chi connectivity index (χ1) is 9.22. The monoisotopic (exact) mass is 275 g/mol. The summed E-state index contributed by atoms with van der Waals surface area (Å²) < 4.78 is 5.78. The van der Waals surface area contributed by atoms with E-state index in [0.717, 1.165) is 29.9 Å². The second kappa shape index (κ2) is 6.60. The maximum Gasteiger partial charge on any atom is 0.128 e. The normalized spacial score (nSPS) is 10.5. The second-order valence-corrected chi connectivity index (χ2v) is 4.80. The average molecular weight is 276 g/mol. The van der Waals surface area contributed by atoms with E-state index in [0.29, 0.717) is 11.6 Å². The molecule has 0 atom stereocenters. The smallest absolute Gasteiger partial charge is 0.128 e. The Morgan fingerprint density at radius 2 is 1.74 bits per heavy atom. The van der Waals surface area contributed by atoms with Crippen molar-refractivity contribution in [2.45, 2.75) is 19.8 Å². The van der Waals surface area contributed by atoms with Gasteiger partial charge in [0.15, 0.2) is 0 Å². The summed E-state index contributed by atoms with van der Waals surface area (Å²) in [6.45, 7) is 2.73. The molecule has 0 heterocycles. The summed E-state index contributed by atoms with van der Waals surface area (Å²) in [4.78, 5) is 0. The summed E-state index contributed by atoms with van der Waals surface area (Å²) >= 11 is 6.19. The van der Waals surface area contributed by atoms with E-state index in [4.69, 9.17) is 22.1 Å². The first-order valence-electron chi connectivity index (χ1n) is 6.48. The minimum absolute atomic E-state index is 0.596. The molecule has 0 aromatic heterocycles. The molecule has 0 saturated heterocycles. The van der Waals surface area contributed by atoms with Crippen LogP contribution in [0.4, 0.5) is 0 Å². The van der Waals surface area contributed by atoms with Gasteiger partial charge in [-0.25, -0.2) is 0 Å². The van der Waals surface area contributed by atoms with Gasteiger partial charge in [-0.2, -0.15) is 0 Å². The molecule has 0 fully saturated rings. The zero-order chi connectivity index (χ0) is 13.7. The summed E-state index contributed by atoms with van der Waals surface area (Å²) in [5.74, 6) is 1.56. The molecular weight excluding hydrogens is 258 g/mol. The van der Waals surface area contributed by atoms with Crippen LogP contribution in [-0.2, 0) is 12.8 Å². The molecule has 3 heteroatoms. The summed E-state index contributed by atoms with van der Waals surface area (Å²) in [5.41, 5.74) is 7.88. The van der Waals surface area contributed by atoms with Gasteiger partial charge in [0.25, 0.3) is 0 Å². The van der Waals surface area contributed by atoms with Crippen molar-refractivity contribution in [2.24, 2.45) is 5.73 Å². The van der Waals surface area contributed by atoms with E-state index in [9.17, 15) is 0 Å². The molecule has 2 N–H and O–H groups in total. The Labute approximate surface area is 119 Å². The Hall–Kier alpha value is -1.51. The third-order valence-electron chi connectivity index (χ3n) is 3.01. The maximum atomic E-state index is 6.19. The molecule has 0 radical (unpaired) electrons. The number of rotatable bonds is 5. The van der Waals surface area contributed by atoms with Gasteiger partial charge in [-0.1, -0.05) is 36.7 Å².